The molecule has 0 aliphatic carbocycles. The second kappa shape index (κ2) is 12.0. The number of carbonyl (C=O) groups is 2. The van der Waals surface area contributed by atoms with Gasteiger partial charge in [-0.15, -0.1) is 0 Å². The van der Waals surface area contributed by atoms with Gasteiger partial charge in [0.25, 0.3) is 5.91 Å². The van der Waals surface area contributed by atoms with E-state index in [1.807, 2.05) is 28.8 Å². The Hall–Kier alpha value is -4.77. The van der Waals surface area contributed by atoms with Crippen molar-refractivity contribution in [3.8, 4) is 5.75 Å². The predicted octanol–water partition coefficient (Wildman–Crippen LogP) is 5.05. The van der Waals surface area contributed by atoms with Gasteiger partial charge >= 0.3 is 0 Å². The van der Waals surface area contributed by atoms with E-state index in [-0.39, 0.29) is 16.9 Å². The Morgan fingerprint density at radius 1 is 0.975 bits per heavy atom. The number of aryl methyl sites for hydroxylation is 1. The van der Waals surface area contributed by atoms with Crippen molar-refractivity contribution >= 4 is 62.5 Å². The number of hydrogen-bond acceptors (Lipinski definition) is 8. The van der Waals surface area contributed by atoms with Crippen molar-refractivity contribution in [3.05, 3.63) is 82.6 Å². The molecule has 2 amide bonds. The maximum Gasteiger partial charge on any atom is 0.261 e. The Kier molecular flexibility index (Phi) is 8.02. The maximum atomic E-state index is 13.4. The van der Waals surface area contributed by atoms with E-state index in [0.29, 0.717) is 64.1 Å². The molecule has 0 aliphatic rings. The van der Waals surface area contributed by atoms with Gasteiger partial charge in [-0.2, -0.15) is 8.75 Å². The SMILES string of the molecule is COc1ccc2c(c1)c(=O)c(C(=O)Nc1cccc3nsnc13)cn2CCCCCC(=O)Nc1ccccc1N. The third kappa shape index (κ3) is 5.79. The van der Waals surface area contributed by atoms with Gasteiger partial charge in [0.15, 0.2) is 0 Å². The van der Waals surface area contributed by atoms with E-state index in [9.17, 15) is 14.4 Å². The first-order valence-corrected chi connectivity index (χ1v) is 13.6. The van der Waals surface area contributed by atoms with Crippen molar-refractivity contribution in [2.45, 2.75) is 32.2 Å². The highest BCUT2D eigenvalue weighted by molar-refractivity contribution is 7.00. The molecule has 204 valence electrons. The fourth-order valence-electron chi connectivity index (χ4n) is 4.51. The zero-order chi connectivity index (χ0) is 28.1. The topological polar surface area (TPSA) is 141 Å². The van der Waals surface area contributed by atoms with Gasteiger partial charge in [0.2, 0.25) is 11.3 Å². The third-order valence-electron chi connectivity index (χ3n) is 6.60. The average molecular weight is 557 g/mol. The van der Waals surface area contributed by atoms with Crippen LogP contribution >= 0.6 is 11.7 Å². The van der Waals surface area contributed by atoms with Crippen molar-refractivity contribution in [1.82, 2.24) is 13.3 Å². The Bertz CT molecular complexity index is 1760. The number of hydrogen-bond donors (Lipinski definition) is 3. The smallest absolute Gasteiger partial charge is 0.261 e. The highest BCUT2D eigenvalue weighted by Gasteiger charge is 2.18. The molecule has 40 heavy (non-hydrogen) atoms. The van der Waals surface area contributed by atoms with Crippen LogP contribution < -0.4 is 26.5 Å². The highest BCUT2D eigenvalue weighted by atomic mass is 32.1. The molecule has 10 nitrogen and oxygen atoms in total. The summed E-state index contributed by atoms with van der Waals surface area (Å²) in [5.41, 5.74) is 9.09. The maximum absolute atomic E-state index is 13.4. The average Bonchev–Trinajstić information content (AvgIpc) is 3.45. The Balaban J connectivity index is 1.31. The lowest BCUT2D eigenvalue weighted by atomic mass is 10.1. The molecule has 0 bridgehead atoms. The number of ether oxygens (including phenoxy) is 1. The van der Waals surface area contributed by atoms with E-state index in [1.54, 1.807) is 42.6 Å². The Morgan fingerprint density at radius 2 is 1.80 bits per heavy atom. The lowest BCUT2D eigenvalue weighted by molar-refractivity contribution is -0.116. The lowest BCUT2D eigenvalue weighted by Gasteiger charge is -2.14. The summed E-state index contributed by atoms with van der Waals surface area (Å²) < 4.78 is 15.7. The number of carbonyl (C=O) groups excluding carboxylic acids is 2. The van der Waals surface area contributed by atoms with E-state index in [4.69, 9.17) is 10.5 Å². The first kappa shape index (κ1) is 26.8. The quantitative estimate of drug-likeness (QED) is 0.161. The largest absolute Gasteiger partial charge is 0.497 e. The first-order valence-electron chi connectivity index (χ1n) is 12.8. The minimum atomic E-state index is -0.527. The summed E-state index contributed by atoms with van der Waals surface area (Å²) in [6.45, 7) is 0.558. The number of aromatic nitrogens is 3. The Labute approximate surface area is 234 Å². The summed E-state index contributed by atoms with van der Waals surface area (Å²) in [5, 5.41) is 6.06. The predicted molar refractivity (Wildman–Crippen MR) is 158 cm³/mol. The molecule has 0 unspecified atom stereocenters. The van der Waals surface area contributed by atoms with Gasteiger partial charge in [0, 0.05) is 19.2 Å². The minimum absolute atomic E-state index is 0.0146. The zero-order valence-corrected chi connectivity index (χ0v) is 22.7. The molecule has 0 saturated heterocycles. The fourth-order valence-corrected chi connectivity index (χ4v) is 5.06. The number of rotatable bonds is 10. The minimum Gasteiger partial charge on any atom is -0.497 e. The number of nitrogen functional groups attached to an aromatic ring is 1. The van der Waals surface area contributed by atoms with Crippen molar-refractivity contribution in [2.24, 2.45) is 0 Å². The number of nitrogens with zero attached hydrogens (tertiary/aromatic N) is 3. The second-order valence-corrected chi connectivity index (χ2v) is 9.81. The first-order chi connectivity index (χ1) is 19.4. The number of benzene rings is 3. The molecule has 0 spiro atoms. The molecule has 0 atom stereocenters. The summed E-state index contributed by atoms with van der Waals surface area (Å²) in [4.78, 5) is 39.1. The molecule has 11 heteroatoms. The van der Waals surface area contributed by atoms with Gasteiger partial charge in [0.05, 0.1) is 46.8 Å². The van der Waals surface area contributed by atoms with Crippen LogP contribution in [0.4, 0.5) is 17.1 Å². The zero-order valence-electron chi connectivity index (χ0n) is 21.8. The van der Waals surface area contributed by atoms with Crippen molar-refractivity contribution < 1.29 is 14.3 Å². The van der Waals surface area contributed by atoms with E-state index in [2.05, 4.69) is 19.4 Å². The number of nitrogens with one attached hydrogen (secondary N) is 2. The van der Waals surface area contributed by atoms with Crippen molar-refractivity contribution in [2.75, 3.05) is 23.5 Å². The number of unbranched alkanes of at least 4 members (excludes halogenated alkanes) is 2. The highest BCUT2D eigenvalue weighted by Crippen LogP contribution is 2.23. The summed E-state index contributed by atoms with van der Waals surface area (Å²) in [6, 6.07) is 17.7. The van der Waals surface area contributed by atoms with E-state index < -0.39 is 5.91 Å². The second-order valence-electron chi connectivity index (χ2n) is 9.29. The molecule has 0 fully saturated rings. The summed E-state index contributed by atoms with van der Waals surface area (Å²) >= 11 is 1.06. The molecule has 3 aromatic carbocycles. The van der Waals surface area contributed by atoms with Gasteiger partial charge in [-0.25, -0.2) is 0 Å². The van der Waals surface area contributed by atoms with Crippen LogP contribution in [0.25, 0.3) is 21.9 Å². The van der Waals surface area contributed by atoms with Crippen molar-refractivity contribution in [3.63, 3.8) is 0 Å². The lowest BCUT2D eigenvalue weighted by Crippen LogP contribution is -2.24. The molecule has 5 aromatic rings. The van der Waals surface area contributed by atoms with E-state index in [0.717, 1.165) is 24.6 Å². The third-order valence-corrected chi connectivity index (χ3v) is 7.15. The summed E-state index contributed by atoms with van der Waals surface area (Å²) in [5.74, 6) is -0.0963. The summed E-state index contributed by atoms with van der Waals surface area (Å²) in [7, 11) is 1.53. The van der Waals surface area contributed by atoms with Crippen LogP contribution in [-0.2, 0) is 11.3 Å². The molecule has 2 heterocycles. The normalized spacial score (nSPS) is 11.0. The molecule has 4 N–H and O–H groups in total. The van der Waals surface area contributed by atoms with Gasteiger partial charge < -0.3 is 25.7 Å². The van der Waals surface area contributed by atoms with Gasteiger partial charge in [0.1, 0.15) is 22.3 Å². The van der Waals surface area contributed by atoms with Crippen LogP contribution in [0.3, 0.4) is 0 Å². The van der Waals surface area contributed by atoms with Crippen LogP contribution in [0.15, 0.2) is 71.7 Å². The molecule has 2 aromatic heterocycles. The number of pyridine rings is 1. The number of methoxy groups -OCH3 is 1. The van der Waals surface area contributed by atoms with Crippen molar-refractivity contribution in [1.29, 1.82) is 0 Å². The molecule has 5 rings (SSSR count). The van der Waals surface area contributed by atoms with Crippen LogP contribution in [0, 0.1) is 0 Å². The number of fused-ring (bicyclic) bond motifs is 2. The van der Waals surface area contributed by atoms with E-state index in [1.165, 1.54) is 7.11 Å². The monoisotopic (exact) mass is 556 g/mol. The molecule has 0 aliphatic heterocycles. The molecule has 0 saturated carbocycles. The number of para-hydroxylation sites is 2. The van der Waals surface area contributed by atoms with Gasteiger partial charge in [-0.1, -0.05) is 24.6 Å². The van der Waals surface area contributed by atoms with Crippen LogP contribution in [0.1, 0.15) is 36.0 Å². The Morgan fingerprint density at radius 3 is 2.62 bits per heavy atom. The molecular weight excluding hydrogens is 528 g/mol. The van der Waals surface area contributed by atoms with Crippen LogP contribution in [-0.4, -0.2) is 32.2 Å². The number of nitrogens with two attached hydrogens (primary N) is 1. The summed E-state index contributed by atoms with van der Waals surface area (Å²) in [6.07, 6.45) is 4.17. The fraction of sp³-hybridized carbons (Fsp3) is 0.207. The number of amides is 2. The van der Waals surface area contributed by atoms with Gasteiger partial charge in [-0.05, 0) is 55.3 Å². The van der Waals surface area contributed by atoms with Crippen LogP contribution in [0.5, 0.6) is 5.75 Å². The molecular formula is C29H28N6O4S. The standard InChI is InChI=1S/C29H28N6O4S/c1-39-18-13-14-25-19(16-18)28(37)20(29(38)32-23-10-7-11-24-27(23)34-40-33-24)17-35(25)15-6-2-3-12-26(36)31-22-9-5-4-8-21(22)30/h4-5,7-11,13-14,16-17H,2-3,6,12,15,30H2,1H3,(H,31,36)(H,32,38). The number of anilines is 3. The van der Waals surface area contributed by atoms with E-state index >= 15 is 0 Å². The molecule has 0 radical (unpaired) electrons. The van der Waals surface area contributed by atoms with Crippen LogP contribution in [0.2, 0.25) is 0 Å². The van der Waals surface area contributed by atoms with Gasteiger partial charge in [-0.3, -0.25) is 14.4 Å².